The lowest BCUT2D eigenvalue weighted by molar-refractivity contribution is 0.882. The van der Waals surface area contributed by atoms with E-state index in [0.29, 0.717) is 6.04 Å². The van der Waals surface area contributed by atoms with Gasteiger partial charge in [-0.25, -0.2) is 0 Å². The van der Waals surface area contributed by atoms with Crippen molar-refractivity contribution in [2.24, 2.45) is 0 Å². The van der Waals surface area contributed by atoms with Crippen LogP contribution >= 0.6 is 0 Å². The molecule has 0 fully saturated rings. The number of benzene rings is 3. The fraction of sp³-hybridized carbons (Fsp3) is 0.143. The summed E-state index contributed by atoms with van der Waals surface area (Å²) in [7, 11) is 0. The highest BCUT2D eigenvalue weighted by atomic mass is 14.9. The average molecular weight is 285 g/mol. The van der Waals surface area contributed by atoms with E-state index < -0.39 is 0 Å². The molecule has 1 aliphatic rings. The van der Waals surface area contributed by atoms with Gasteiger partial charge in [0.25, 0.3) is 0 Å². The molecule has 0 aromatic heterocycles. The molecule has 108 valence electrons. The van der Waals surface area contributed by atoms with Crippen LogP contribution in [0.3, 0.4) is 0 Å². The van der Waals surface area contributed by atoms with Crippen molar-refractivity contribution in [1.29, 1.82) is 0 Å². The Morgan fingerprint density at radius 3 is 2.36 bits per heavy atom. The summed E-state index contributed by atoms with van der Waals surface area (Å²) < 4.78 is 0. The van der Waals surface area contributed by atoms with E-state index in [2.05, 4.69) is 85.0 Å². The first kappa shape index (κ1) is 13.1. The molecule has 1 N–H and O–H groups in total. The number of hydrogen-bond acceptors (Lipinski definition) is 1. The molecule has 1 aliphatic carbocycles. The van der Waals surface area contributed by atoms with E-state index in [1.165, 1.54) is 33.5 Å². The zero-order valence-electron chi connectivity index (χ0n) is 12.7. The molecular formula is C21H19N. The Labute approximate surface area is 131 Å². The van der Waals surface area contributed by atoms with Gasteiger partial charge in [-0.1, -0.05) is 66.7 Å². The molecule has 0 bridgehead atoms. The van der Waals surface area contributed by atoms with Gasteiger partial charge in [0.2, 0.25) is 0 Å². The lowest BCUT2D eigenvalue weighted by atomic mass is 10.0. The molecule has 0 saturated carbocycles. The van der Waals surface area contributed by atoms with Crippen molar-refractivity contribution in [3.05, 3.63) is 89.5 Å². The molecule has 22 heavy (non-hydrogen) atoms. The molecule has 0 spiro atoms. The van der Waals surface area contributed by atoms with Crippen LogP contribution in [0.4, 0.5) is 5.69 Å². The number of fused-ring (bicyclic) bond motifs is 3. The van der Waals surface area contributed by atoms with Crippen molar-refractivity contribution in [2.45, 2.75) is 19.4 Å². The molecule has 1 nitrogen and oxygen atoms in total. The monoisotopic (exact) mass is 285 g/mol. The van der Waals surface area contributed by atoms with E-state index in [4.69, 9.17) is 0 Å². The van der Waals surface area contributed by atoms with Crippen molar-refractivity contribution in [3.8, 4) is 11.1 Å². The van der Waals surface area contributed by atoms with Crippen LogP contribution in [-0.2, 0) is 6.42 Å². The van der Waals surface area contributed by atoms with E-state index >= 15 is 0 Å². The minimum absolute atomic E-state index is 0.302. The van der Waals surface area contributed by atoms with E-state index in [9.17, 15) is 0 Å². The lowest BCUT2D eigenvalue weighted by Crippen LogP contribution is -2.08. The van der Waals surface area contributed by atoms with Crippen molar-refractivity contribution in [3.63, 3.8) is 0 Å². The van der Waals surface area contributed by atoms with Crippen molar-refractivity contribution >= 4 is 5.69 Å². The van der Waals surface area contributed by atoms with E-state index in [0.717, 1.165) is 6.42 Å². The number of hydrogen-bond donors (Lipinski definition) is 1. The Hall–Kier alpha value is -2.54. The minimum Gasteiger partial charge on any atom is -0.378 e. The SMILES string of the molecule is CC(Nc1cccc2c1Cc1ccccc1-2)c1ccccc1. The zero-order valence-corrected chi connectivity index (χ0v) is 12.7. The first-order chi connectivity index (χ1) is 10.8. The lowest BCUT2D eigenvalue weighted by Gasteiger charge is -2.18. The molecule has 0 amide bonds. The molecule has 4 rings (SSSR count). The fourth-order valence-electron chi connectivity index (χ4n) is 3.35. The van der Waals surface area contributed by atoms with Gasteiger partial charge in [0.15, 0.2) is 0 Å². The molecule has 1 heteroatoms. The Bertz CT molecular complexity index is 805. The molecule has 3 aromatic carbocycles. The molecule has 0 aliphatic heterocycles. The largest absolute Gasteiger partial charge is 0.378 e. The van der Waals surface area contributed by atoms with Crippen LogP contribution in [0.1, 0.15) is 29.7 Å². The fourth-order valence-corrected chi connectivity index (χ4v) is 3.35. The molecule has 0 saturated heterocycles. The van der Waals surface area contributed by atoms with Crippen molar-refractivity contribution in [2.75, 3.05) is 5.32 Å². The summed E-state index contributed by atoms with van der Waals surface area (Å²) in [6.07, 6.45) is 1.02. The van der Waals surface area contributed by atoms with Gasteiger partial charge in [0.1, 0.15) is 0 Å². The molecule has 1 unspecified atom stereocenters. The van der Waals surface area contributed by atoms with Gasteiger partial charge in [-0.3, -0.25) is 0 Å². The predicted molar refractivity (Wildman–Crippen MR) is 93.2 cm³/mol. The normalized spacial score (nSPS) is 13.3. The molecule has 0 heterocycles. The maximum Gasteiger partial charge on any atom is 0.0485 e. The Morgan fingerprint density at radius 1 is 0.773 bits per heavy atom. The van der Waals surface area contributed by atoms with Crippen molar-refractivity contribution in [1.82, 2.24) is 0 Å². The molecule has 0 radical (unpaired) electrons. The topological polar surface area (TPSA) is 12.0 Å². The number of anilines is 1. The Kier molecular flexibility index (Phi) is 3.19. The third-order valence-corrected chi connectivity index (χ3v) is 4.52. The third-order valence-electron chi connectivity index (χ3n) is 4.52. The van der Waals surface area contributed by atoms with E-state index in [1.807, 2.05) is 0 Å². The second-order valence-corrected chi connectivity index (χ2v) is 5.94. The Balaban J connectivity index is 1.68. The highest BCUT2D eigenvalue weighted by Gasteiger charge is 2.21. The summed E-state index contributed by atoms with van der Waals surface area (Å²) >= 11 is 0. The van der Waals surface area contributed by atoms with Crippen LogP contribution in [-0.4, -0.2) is 0 Å². The predicted octanol–water partition coefficient (Wildman–Crippen LogP) is 5.43. The van der Waals surface area contributed by atoms with E-state index in [1.54, 1.807) is 0 Å². The van der Waals surface area contributed by atoms with Gasteiger partial charge in [-0.2, -0.15) is 0 Å². The van der Waals surface area contributed by atoms with Crippen molar-refractivity contribution < 1.29 is 0 Å². The summed E-state index contributed by atoms with van der Waals surface area (Å²) in [5.41, 5.74) is 8.18. The third kappa shape index (κ3) is 2.19. The van der Waals surface area contributed by atoms with E-state index in [-0.39, 0.29) is 0 Å². The summed E-state index contributed by atoms with van der Waals surface area (Å²) in [5, 5.41) is 3.69. The van der Waals surface area contributed by atoms with Gasteiger partial charge in [0.05, 0.1) is 0 Å². The second kappa shape index (κ2) is 5.34. The van der Waals surface area contributed by atoms with Crippen LogP contribution in [0, 0.1) is 0 Å². The average Bonchev–Trinajstić information content (AvgIpc) is 2.95. The molecular weight excluding hydrogens is 266 g/mol. The number of rotatable bonds is 3. The smallest absolute Gasteiger partial charge is 0.0485 e. The van der Waals surface area contributed by atoms with Crippen LogP contribution in [0.25, 0.3) is 11.1 Å². The van der Waals surface area contributed by atoms with Crippen LogP contribution < -0.4 is 5.32 Å². The quantitative estimate of drug-likeness (QED) is 0.529. The maximum absolute atomic E-state index is 3.69. The summed E-state index contributed by atoms with van der Waals surface area (Å²) in [4.78, 5) is 0. The van der Waals surface area contributed by atoms with Crippen LogP contribution in [0.5, 0.6) is 0 Å². The standard InChI is InChI=1S/C21H19N/c1-15(16-8-3-2-4-9-16)22-21-13-7-12-19-18-11-6-5-10-17(18)14-20(19)21/h2-13,15,22H,14H2,1H3. The van der Waals surface area contributed by atoms with Gasteiger partial charge in [-0.05, 0) is 40.8 Å². The molecule has 3 aromatic rings. The zero-order chi connectivity index (χ0) is 14.9. The second-order valence-electron chi connectivity index (χ2n) is 5.94. The Morgan fingerprint density at radius 2 is 1.50 bits per heavy atom. The number of nitrogens with one attached hydrogen (secondary N) is 1. The summed E-state index contributed by atoms with van der Waals surface area (Å²) in [6.45, 7) is 2.22. The maximum atomic E-state index is 3.69. The van der Waals surface area contributed by atoms with Crippen LogP contribution in [0.2, 0.25) is 0 Å². The molecule has 1 atom stereocenters. The van der Waals surface area contributed by atoms with Gasteiger partial charge >= 0.3 is 0 Å². The first-order valence-electron chi connectivity index (χ1n) is 7.84. The summed E-state index contributed by atoms with van der Waals surface area (Å²) in [6, 6.07) is 26.2. The van der Waals surface area contributed by atoms with Gasteiger partial charge < -0.3 is 5.32 Å². The van der Waals surface area contributed by atoms with Gasteiger partial charge in [-0.15, -0.1) is 0 Å². The summed E-state index contributed by atoms with van der Waals surface area (Å²) in [5.74, 6) is 0. The highest BCUT2D eigenvalue weighted by Crippen LogP contribution is 2.40. The van der Waals surface area contributed by atoms with Gasteiger partial charge in [0, 0.05) is 18.2 Å². The van der Waals surface area contributed by atoms with Crippen LogP contribution in [0.15, 0.2) is 72.8 Å². The highest BCUT2D eigenvalue weighted by molar-refractivity contribution is 5.82. The first-order valence-corrected chi connectivity index (χ1v) is 7.84. The minimum atomic E-state index is 0.302.